The van der Waals surface area contributed by atoms with E-state index < -0.39 is 0 Å². The number of Topliss-reactive ketones (excluding diaryl/α,β-unsaturated/α-hetero) is 1. The van der Waals surface area contributed by atoms with Gasteiger partial charge in [-0.05, 0) is 18.6 Å². The summed E-state index contributed by atoms with van der Waals surface area (Å²) in [6, 6.07) is 7.33. The standard InChI is InChI=1S/C16H22N2O3/c1-3-12-10-18(9-8-14(12)19)11-16(20)17-13-6-4-5-7-15(13)21-2/h4-7,12H,3,8-11H2,1-2H3,(H,17,20). The highest BCUT2D eigenvalue weighted by Gasteiger charge is 2.26. The van der Waals surface area contributed by atoms with Gasteiger partial charge >= 0.3 is 0 Å². The van der Waals surface area contributed by atoms with E-state index in [9.17, 15) is 9.59 Å². The van der Waals surface area contributed by atoms with Crippen molar-refractivity contribution in [3.05, 3.63) is 24.3 Å². The van der Waals surface area contributed by atoms with Crippen LogP contribution in [-0.4, -0.2) is 43.3 Å². The molecule has 114 valence electrons. The van der Waals surface area contributed by atoms with Gasteiger partial charge < -0.3 is 10.1 Å². The van der Waals surface area contributed by atoms with Crippen molar-refractivity contribution in [1.29, 1.82) is 0 Å². The quantitative estimate of drug-likeness (QED) is 0.900. The highest BCUT2D eigenvalue weighted by atomic mass is 16.5. The van der Waals surface area contributed by atoms with Crippen molar-refractivity contribution in [2.45, 2.75) is 19.8 Å². The third kappa shape index (κ3) is 4.04. The molecule has 1 saturated heterocycles. The van der Waals surface area contributed by atoms with E-state index in [0.29, 0.717) is 43.3 Å². The van der Waals surface area contributed by atoms with Crippen molar-refractivity contribution < 1.29 is 14.3 Å². The van der Waals surface area contributed by atoms with Crippen LogP contribution in [0.25, 0.3) is 0 Å². The van der Waals surface area contributed by atoms with Crippen LogP contribution in [0.1, 0.15) is 19.8 Å². The van der Waals surface area contributed by atoms with E-state index in [4.69, 9.17) is 4.74 Å². The molecule has 2 rings (SSSR count). The number of nitrogens with zero attached hydrogens (tertiary/aromatic N) is 1. The second kappa shape index (κ2) is 7.22. The van der Waals surface area contributed by atoms with Gasteiger partial charge in [0.1, 0.15) is 11.5 Å². The maximum atomic E-state index is 12.1. The van der Waals surface area contributed by atoms with Gasteiger partial charge in [0.25, 0.3) is 0 Å². The van der Waals surface area contributed by atoms with E-state index in [1.54, 1.807) is 7.11 Å². The zero-order valence-electron chi connectivity index (χ0n) is 12.6. The summed E-state index contributed by atoms with van der Waals surface area (Å²) in [7, 11) is 1.58. The number of likely N-dealkylation sites (tertiary alicyclic amines) is 1. The second-order valence-corrected chi connectivity index (χ2v) is 5.31. The minimum Gasteiger partial charge on any atom is -0.495 e. The number of hydrogen-bond acceptors (Lipinski definition) is 4. The average Bonchev–Trinajstić information content (AvgIpc) is 2.49. The Kier molecular flexibility index (Phi) is 5.33. The van der Waals surface area contributed by atoms with Crippen molar-refractivity contribution >= 4 is 17.4 Å². The van der Waals surface area contributed by atoms with Crippen LogP contribution in [0.5, 0.6) is 5.75 Å². The van der Waals surface area contributed by atoms with Gasteiger partial charge in [0, 0.05) is 25.4 Å². The maximum absolute atomic E-state index is 12.1. The lowest BCUT2D eigenvalue weighted by atomic mass is 9.94. The van der Waals surface area contributed by atoms with Crippen molar-refractivity contribution in [1.82, 2.24) is 4.90 Å². The minimum absolute atomic E-state index is 0.0674. The molecule has 5 nitrogen and oxygen atoms in total. The van der Waals surface area contributed by atoms with Gasteiger partial charge in [0.15, 0.2) is 0 Å². The predicted molar refractivity (Wildman–Crippen MR) is 81.5 cm³/mol. The Labute approximate surface area is 125 Å². The molecule has 1 amide bonds. The number of para-hydroxylation sites is 2. The summed E-state index contributed by atoms with van der Waals surface area (Å²) in [5, 5.41) is 2.86. The van der Waals surface area contributed by atoms with Crippen LogP contribution < -0.4 is 10.1 Å². The first-order chi connectivity index (χ1) is 10.1. The monoisotopic (exact) mass is 290 g/mol. The first kappa shape index (κ1) is 15.5. The molecule has 0 aliphatic carbocycles. The maximum Gasteiger partial charge on any atom is 0.238 e. The number of benzene rings is 1. The Morgan fingerprint density at radius 1 is 1.43 bits per heavy atom. The van der Waals surface area contributed by atoms with E-state index in [2.05, 4.69) is 5.32 Å². The molecule has 5 heteroatoms. The first-order valence-electron chi connectivity index (χ1n) is 7.32. The molecule has 0 aromatic heterocycles. The van der Waals surface area contributed by atoms with Crippen LogP contribution in [-0.2, 0) is 9.59 Å². The number of ether oxygens (including phenoxy) is 1. The van der Waals surface area contributed by atoms with Gasteiger partial charge in [-0.15, -0.1) is 0 Å². The summed E-state index contributed by atoms with van der Waals surface area (Å²) in [5.41, 5.74) is 0.671. The second-order valence-electron chi connectivity index (χ2n) is 5.31. The molecule has 1 heterocycles. The Morgan fingerprint density at radius 3 is 2.90 bits per heavy atom. The fraction of sp³-hybridized carbons (Fsp3) is 0.500. The highest BCUT2D eigenvalue weighted by molar-refractivity contribution is 5.93. The topological polar surface area (TPSA) is 58.6 Å². The van der Waals surface area contributed by atoms with Gasteiger partial charge in [0.05, 0.1) is 19.3 Å². The van der Waals surface area contributed by atoms with Gasteiger partial charge in [-0.1, -0.05) is 19.1 Å². The number of piperidine rings is 1. The third-order valence-electron chi connectivity index (χ3n) is 3.85. The van der Waals surface area contributed by atoms with Crippen LogP contribution in [0.3, 0.4) is 0 Å². The van der Waals surface area contributed by atoms with Gasteiger partial charge in [-0.2, -0.15) is 0 Å². The van der Waals surface area contributed by atoms with E-state index >= 15 is 0 Å². The lowest BCUT2D eigenvalue weighted by Gasteiger charge is -2.30. The SMILES string of the molecule is CCC1CN(CC(=O)Nc2ccccc2OC)CCC1=O. The van der Waals surface area contributed by atoms with Crippen LogP contribution in [0.2, 0.25) is 0 Å². The average molecular weight is 290 g/mol. The lowest BCUT2D eigenvalue weighted by molar-refractivity contribution is -0.128. The molecule has 0 saturated carbocycles. The fourth-order valence-electron chi connectivity index (χ4n) is 2.62. The smallest absolute Gasteiger partial charge is 0.238 e. The van der Waals surface area contributed by atoms with Crippen molar-refractivity contribution in [2.24, 2.45) is 5.92 Å². The molecule has 0 spiro atoms. The molecular formula is C16H22N2O3. The molecule has 1 aromatic carbocycles. The zero-order chi connectivity index (χ0) is 15.2. The molecular weight excluding hydrogens is 268 g/mol. The lowest BCUT2D eigenvalue weighted by Crippen LogP contribution is -2.44. The summed E-state index contributed by atoms with van der Waals surface area (Å²) in [5.74, 6) is 0.950. The molecule has 1 aliphatic rings. The fourth-order valence-corrected chi connectivity index (χ4v) is 2.62. The number of ketones is 1. The molecule has 1 fully saturated rings. The largest absolute Gasteiger partial charge is 0.495 e. The number of hydrogen-bond donors (Lipinski definition) is 1. The van der Waals surface area contributed by atoms with Crippen molar-refractivity contribution in [3.8, 4) is 5.75 Å². The van der Waals surface area contributed by atoms with Crippen LogP contribution in [0.4, 0.5) is 5.69 Å². The van der Waals surface area contributed by atoms with Crippen molar-refractivity contribution in [2.75, 3.05) is 32.1 Å². The molecule has 1 aromatic rings. The van der Waals surface area contributed by atoms with E-state index in [1.807, 2.05) is 36.1 Å². The van der Waals surface area contributed by atoms with Crippen molar-refractivity contribution in [3.63, 3.8) is 0 Å². The van der Waals surface area contributed by atoms with Gasteiger partial charge in [0.2, 0.25) is 5.91 Å². The summed E-state index contributed by atoms with van der Waals surface area (Å²) in [6.45, 7) is 3.66. The van der Waals surface area contributed by atoms with Crippen LogP contribution >= 0.6 is 0 Å². The molecule has 1 atom stereocenters. The zero-order valence-corrected chi connectivity index (χ0v) is 12.6. The summed E-state index contributed by atoms with van der Waals surface area (Å²) < 4.78 is 5.21. The summed E-state index contributed by atoms with van der Waals surface area (Å²) >= 11 is 0. The van der Waals surface area contributed by atoms with Gasteiger partial charge in [-0.25, -0.2) is 0 Å². The number of rotatable bonds is 5. The van der Waals surface area contributed by atoms with Crippen LogP contribution in [0, 0.1) is 5.92 Å². The normalized spacial score (nSPS) is 19.3. The molecule has 0 radical (unpaired) electrons. The Bertz CT molecular complexity index is 516. The summed E-state index contributed by atoms with van der Waals surface area (Å²) in [4.78, 5) is 25.9. The molecule has 21 heavy (non-hydrogen) atoms. The molecule has 1 aliphatic heterocycles. The molecule has 1 unspecified atom stereocenters. The van der Waals surface area contributed by atoms with E-state index in [1.165, 1.54) is 0 Å². The number of amides is 1. The number of carbonyl (C=O) groups is 2. The number of nitrogens with one attached hydrogen (secondary N) is 1. The van der Waals surface area contributed by atoms with Gasteiger partial charge in [-0.3, -0.25) is 14.5 Å². The predicted octanol–water partition coefficient (Wildman–Crippen LogP) is 1.93. The third-order valence-corrected chi connectivity index (χ3v) is 3.85. The Hall–Kier alpha value is -1.88. The minimum atomic E-state index is -0.0799. The van der Waals surface area contributed by atoms with E-state index in [0.717, 1.165) is 6.42 Å². The van der Waals surface area contributed by atoms with Crippen LogP contribution in [0.15, 0.2) is 24.3 Å². The number of anilines is 1. The number of carbonyl (C=O) groups excluding carboxylic acids is 2. The Morgan fingerprint density at radius 2 is 2.19 bits per heavy atom. The molecule has 1 N–H and O–H groups in total. The number of methoxy groups -OCH3 is 1. The summed E-state index contributed by atoms with van der Waals surface area (Å²) in [6.07, 6.45) is 1.38. The highest BCUT2D eigenvalue weighted by Crippen LogP contribution is 2.23. The molecule has 0 bridgehead atoms. The Balaban J connectivity index is 1.91. The van der Waals surface area contributed by atoms with E-state index in [-0.39, 0.29) is 11.8 Å². The first-order valence-corrected chi connectivity index (χ1v) is 7.32.